The summed E-state index contributed by atoms with van der Waals surface area (Å²) in [7, 11) is 1.64. The molecule has 7 nitrogen and oxygen atoms in total. The van der Waals surface area contributed by atoms with Gasteiger partial charge < -0.3 is 18.9 Å². The van der Waals surface area contributed by atoms with Crippen molar-refractivity contribution in [2.75, 3.05) is 20.3 Å². The molecule has 1 amide bonds. The van der Waals surface area contributed by atoms with Gasteiger partial charge in [0.05, 0.1) is 6.61 Å². The van der Waals surface area contributed by atoms with E-state index >= 15 is 0 Å². The Labute approximate surface area is 172 Å². The molecule has 0 spiro atoms. The SMILES string of the molecule is COCCn1c(C)cc(/C=C(\C#N)C(=O)OCC(=O)N2[C@H](C)CCC[C@H]2C)c1C. The second-order valence-corrected chi connectivity index (χ2v) is 7.65. The topological polar surface area (TPSA) is 84.6 Å². The number of ether oxygens (including phenoxy) is 2. The molecule has 2 atom stereocenters. The molecule has 0 saturated carbocycles. The van der Waals surface area contributed by atoms with Gasteiger partial charge in [0.25, 0.3) is 5.91 Å². The quantitative estimate of drug-likeness (QED) is 0.398. The first kappa shape index (κ1) is 22.7. The predicted molar refractivity (Wildman–Crippen MR) is 110 cm³/mol. The van der Waals surface area contributed by atoms with Gasteiger partial charge in [-0.2, -0.15) is 5.26 Å². The van der Waals surface area contributed by atoms with Crippen LogP contribution in [0.25, 0.3) is 6.08 Å². The van der Waals surface area contributed by atoms with Crippen molar-refractivity contribution in [3.8, 4) is 6.07 Å². The standard InChI is InChI=1S/C22H31N3O4/c1-15-7-6-8-16(2)25(15)21(26)14-29-22(27)20(13-23)12-19-11-17(3)24(18(19)4)9-10-28-5/h11-12,15-16H,6-10,14H2,1-5H3/b20-12+/t15-,16-/m1/s1. The van der Waals surface area contributed by atoms with Crippen molar-refractivity contribution in [2.45, 2.75) is 65.6 Å². The molecule has 29 heavy (non-hydrogen) atoms. The molecule has 0 aliphatic carbocycles. The van der Waals surface area contributed by atoms with Crippen LogP contribution in [0.4, 0.5) is 0 Å². The van der Waals surface area contributed by atoms with Gasteiger partial charge in [-0.05, 0) is 64.7 Å². The van der Waals surface area contributed by atoms with E-state index in [1.165, 1.54) is 6.08 Å². The summed E-state index contributed by atoms with van der Waals surface area (Å²) in [6, 6.07) is 4.08. The molecule has 1 aliphatic heterocycles. The minimum absolute atomic E-state index is 0.121. The number of aromatic nitrogens is 1. The zero-order chi connectivity index (χ0) is 21.6. The summed E-state index contributed by atoms with van der Waals surface area (Å²) in [5.41, 5.74) is 2.60. The Kier molecular flexibility index (Phi) is 8.03. The highest BCUT2D eigenvalue weighted by molar-refractivity contribution is 5.99. The lowest BCUT2D eigenvalue weighted by Crippen LogP contribution is -2.49. The van der Waals surface area contributed by atoms with Crippen LogP contribution in [0.3, 0.4) is 0 Å². The normalized spacial score (nSPS) is 19.7. The molecule has 0 unspecified atom stereocenters. The van der Waals surface area contributed by atoms with Crippen LogP contribution in [-0.2, 0) is 25.6 Å². The lowest BCUT2D eigenvalue weighted by molar-refractivity contribution is -0.151. The van der Waals surface area contributed by atoms with Crippen LogP contribution in [0.1, 0.15) is 50.1 Å². The average molecular weight is 402 g/mol. The van der Waals surface area contributed by atoms with E-state index in [0.29, 0.717) is 13.2 Å². The largest absolute Gasteiger partial charge is 0.451 e. The van der Waals surface area contributed by atoms with Crippen LogP contribution in [0.2, 0.25) is 0 Å². The molecule has 1 aromatic rings. The van der Waals surface area contributed by atoms with Crippen molar-refractivity contribution in [1.29, 1.82) is 5.26 Å². The first-order valence-electron chi connectivity index (χ1n) is 10.1. The molecule has 1 aromatic heterocycles. The van der Waals surface area contributed by atoms with E-state index in [0.717, 1.165) is 36.2 Å². The number of nitrogens with zero attached hydrogens (tertiary/aromatic N) is 3. The van der Waals surface area contributed by atoms with Gasteiger partial charge in [-0.15, -0.1) is 0 Å². The summed E-state index contributed by atoms with van der Waals surface area (Å²) in [5.74, 6) is -0.993. The molecule has 0 radical (unpaired) electrons. The maximum atomic E-state index is 12.5. The van der Waals surface area contributed by atoms with Crippen molar-refractivity contribution in [1.82, 2.24) is 9.47 Å². The minimum atomic E-state index is -0.778. The number of likely N-dealkylation sites (tertiary alicyclic amines) is 1. The summed E-state index contributed by atoms with van der Waals surface area (Å²) in [4.78, 5) is 26.7. The fourth-order valence-corrected chi connectivity index (χ4v) is 3.99. The van der Waals surface area contributed by atoms with E-state index in [-0.39, 0.29) is 30.2 Å². The maximum absolute atomic E-state index is 12.5. The Balaban J connectivity index is 2.07. The highest BCUT2D eigenvalue weighted by atomic mass is 16.5. The molecule has 7 heteroatoms. The highest BCUT2D eigenvalue weighted by Gasteiger charge is 2.29. The molecule has 1 fully saturated rings. The van der Waals surface area contributed by atoms with E-state index in [1.54, 1.807) is 12.0 Å². The molecule has 2 heterocycles. The minimum Gasteiger partial charge on any atom is -0.451 e. The monoisotopic (exact) mass is 401 g/mol. The highest BCUT2D eigenvalue weighted by Crippen LogP contribution is 2.23. The second kappa shape index (κ2) is 10.3. The Hall–Kier alpha value is -2.59. The number of hydrogen-bond donors (Lipinski definition) is 0. The fourth-order valence-electron chi connectivity index (χ4n) is 3.99. The zero-order valence-corrected chi connectivity index (χ0v) is 18.0. The van der Waals surface area contributed by atoms with E-state index in [1.807, 2.05) is 39.8 Å². The molecule has 1 saturated heterocycles. The van der Waals surface area contributed by atoms with Gasteiger partial charge in [-0.25, -0.2) is 4.79 Å². The van der Waals surface area contributed by atoms with Crippen molar-refractivity contribution < 1.29 is 19.1 Å². The molecule has 2 rings (SSSR count). The van der Waals surface area contributed by atoms with Crippen LogP contribution < -0.4 is 0 Å². The number of esters is 1. The number of piperidine rings is 1. The fraction of sp³-hybridized carbons (Fsp3) is 0.591. The van der Waals surface area contributed by atoms with Crippen molar-refractivity contribution in [3.63, 3.8) is 0 Å². The molecule has 158 valence electrons. The summed E-state index contributed by atoms with van der Waals surface area (Å²) >= 11 is 0. The molecule has 0 N–H and O–H groups in total. The number of methoxy groups -OCH3 is 1. The second-order valence-electron chi connectivity index (χ2n) is 7.65. The Morgan fingerprint density at radius 1 is 1.28 bits per heavy atom. The summed E-state index contributed by atoms with van der Waals surface area (Å²) in [5, 5.41) is 9.42. The molecular formula is C22H31N3O4. The Morgan fingerprint density at radius 2 is 1.93 bits per heavy atom. The summed E-state index contributed by atoms with van der Waals surface area (Å²) in [6.07, 6.45) is 4.51. The van der Waals surface area contributed by atoms with Gasteiger partial charge in [-0.3, -0.25) is 4.79 Å². The van der Waals surface area contributed by atoms with Gasteiger partial charge in [-0.1, -0.05) is 0 Å². The van der Waals surface area contributed by atoms with Crippen LogP contribution in [0.5, 0.6) is 0 Å². The number of rotatable bonds is 7. The summed E-state index contributed by atoms with van der Waals surface area (Å²) < 4.78 is 12.4. The zero-order valence-electron chi connectivity index (χ0n) is 18.0. The van der Waals surface area contributed by atoms with Crippen molar-refractivity contribution >= 4 is 18.0 Å². The Morgan fingerprint density at radius 3 is 2.52 bits per heavy atom. The smallest absolute Gasteiger partial charge is 0.349 e. The molecule has 0 aromatic carbocycles. The van der Waals surface area contributed by atoms with Crippen LogP contribution in [-0.4, -0.2) is 53.8 Å². The van der Waals surface area contributed by atoms with Gasteiger partial charge in [0.2, 0.25) is 0 Å². The van der Waals surface area contributed by atoms with Crippen LogP contribution in [0.15, 0.2) is 11.6 Å². The third-order valence-electron chi connectivity index (χ3n) is 5.58. The van der Waals surface area contributed by atoms with Crippen molar-refractivity contribution in [2.24, 2.45) is 0 Å². The molecular weight excluding hydrogens is 370 g/mol. The number of carbonyl (C=O) groups excluding carboxylic acids is 2. The first-order chi connectivity index (χ1) is 13.8. The van der Waals surface area contributed by atoms with E-state index < -0.39 is 5.97 Å². The van der Waals surface area contributed by atoms with E-state index in [4.69, 9.17) is 9.47 Å². The van der Waals surface area contributed by atoms with Gasteiger partial charge in [0, 0.05) is 37.1 Å². The number of aryl methyl sites for hydroxylation is 1. The number of hydrogen-bond acceptors (Lipinski definition) is 5. The summed E-state index contributed by atoms with van der Waals surface area (Å²) in [6.45, 7) is 8.82. The van der Waals surface area contributed by atoms with Gasteiger partial charge in [0.15, 0.2) is 6.61 Å². The van der Waals surface area contributed by atoms with E-state index in [2.05, 4.69) is 4.57 Å². The number of carbonyl (C=O) groups is 2. The maximum Gasteiger partial charge on any atom is 0.349 e. The van der Waals surface area contributed by atoms with E-state index in [9.17, 15) is 14.9 Å². The van der Waals surface area contributed by atoms with Gasteiger partial charge in [0.1, 0.15) is 11.6 Å². The number of nitriles is 1. The Bertz CT molecular complexity index is 809. The third kappa shape index (κ3) is 5.48. The molecule has 1 aliphatic rings. The van der Waals surface area contributed by atoms with Crippen LogP contribution >= 0.6 is 0 Å². The average Bonchev–Trinajstić information content (AvgIpc) is 2.95. The lowest BCUT2D eigenvalue weighted by atomic mass is 9.97. The first-order valence-corrected chi connectivity index (χ1v) is 10.1. The lowest BCUT2D eigenvalue weighted by Gasteiger charge is -2.38. The van der Waals surface area contributed by atoms with Crippen LogP contribution in [0, 0.1) is 25.2 Å². The predicted octanol–water partition coefficient (Wildman–Crippen LogP) is 2.99. The number of amides is 1. The van der Waals surface area contributed by atoms with Gasteiger partial charge >= 0.3 is 5.97 Å². The van der Waals surface area contributed by atoms with Crippen molar-refractivity contribution in [3.05, 3.63) is 28.6 Å². The third-order valence-corrected chi connectivity index (χ3v) is 5.58. The molecule has 0 bridgehead atoms.